The summed E-state index contributed by atoms with van der Waals surface area (Å²) in [6.45, 7) is 2.30. The first-order chi connectivity index (χ1) is 9.22. The number of nitrogens with two attached hydrogens (primary N) is 1. The van der Waals surface area contributed by atoms with E-state index >= 15 is 0 Å². The number of rotatable bonds is 5. The Hall–Kier alpha value is -2.21. The molecule has 6 heteroatoms. The van der Waals surface area contributed by atoms with E-state index in [1.807, 2.05) is 31.2 Å². The molecule has 0 aliphatic rings. The number of aromatic amines is 1. The quantitative estimate of drug-likeness (QED) is 0.760. The molecule has 6 nitrogen and oxygen atoms in total. The van der Waals surface area contributed by atoms with E-state index in [-0.39, 0.29) is 5.91 Å². The highest BCUT2D eigenvalue weighted by molar-refractivity contribution is 5.90. The Labute approximate surface area is 111 Å². The summed E-state index contributed by atoms with van der Waals surface area (Å²) in [4.78, 5) is 15.7. The molecule has 2 rings (SSSR count). The number of H-pyrrole nitrogens is 1. The molecule has 0 fully saturated rings. The Bertz CT molecular complexity index is 546. The second-order valence-electron chi connectivity index (χ2n) is 4.19. The lowest BCUT2D eigenvalue weighted by molar-refractivity contribution is -0.116. The number of nitrogens with zero attached hydrogens (tertiary/aromatic N) is 2. The second-order valence-corrected chi connectivity index (χ2v) is 4.19. The summed E-state index contributed by atoms with van der Waals surface area (Å²) < 4.78 is 0. The highest BCUT2D eigenvalue weighted by atomic mass is 16.1. The second kappa shape index (κ2) is 6.10. The fraction of sp³-hybridized carbons (Fsp3) is 0.308. The smallest absolute Gasteiger partial charge is 0.224 e. The molecule has 100 valence electrons. The maximum atomic E-state index is 11.5. The van der Waals surface area contributed by atoms with Crippen LogP contribution in [-0.2, 0) is 11.3 Å². The molecule has 1 amide bonds. The van der Waals surface area contributed by atoms with Gasteiger partial charge in [0.1, 0.15) is 5.82 Å². The topological polar surface area (TPSA) is 96.7 Å². The number of hydrogen-bond donors (Lipinski definition) is 3. The molecular formula is C13H17N5O. The van der Waals surface area contributed by atoms with Gasteiger partial charge >= 0.3 is 0 Å². The molecule has 0 aliphatic carbocycles. The van der Waals surface area contributed by atoms with E-state index in [0.717, 1.165) is 17.7 Å². The highest BCUT2D eigenvalue weighted by Crippen LogP contribution is 2.18. The predicted octanol–water partition coefficient (Wildman–Crippen LogP) is 1.67. The maximum Gasteiger partial charge on any atom is 0.224 e. The summed E-state index contributed by atoms with van der Waals surface area (Å²) in [5.74, 6) is 1.28. The number of nitrogens with one attached hydrogen (secondary N) is 2. The van der Waals surface area contributed by atoms with Crippen molar-refractivity contribution >= 4 is 11.6 Å². The van der Waals surface area contributed by atoms with Crippen molar-refractivity contribution in [2.24, 2.45) is 5.73 Å². The lowest BCUT2D eigenvalue weighted by atomic mass is 10.2. The van der Waals surface area contributed by atoms with Crippen molar-refractivity contribution in [3.8, 4) is 11.4 Å². The largest absolute Gasteiger partial charge is 0.326 e. The van der Waals surface area contributed by atoms with Crippen molar-refractivity contribution in [2.75, 3.05) is 5.32 Å². The van der Waals surface area contributed by atoms with Gasteiger partial charge < -0.3 is 11.1 Å². The van der Waals surface area contributed by atoms with Gasteiger partial charge in [-0.1, -0.05) is 6.92 Å². The van der Waals surface area contributed by atoms with E-state index in [0.29, 0.717) is 24.6 Å². The lowest BCUT2D eigenvalue weighted by Crippen LogP contribution is -2.10. The van der Waals surface area contributed by atoms with E-state index < -0.39 is 0 Å². The Kier molecular flexibility index (Phi) is 4.25. The molecule has 2 aromatic rings. The van der Waals surface area contributed by atoms with Gasteiger partial charge in [-0.15, -0.1) is 0 Å². The van der Waals surface area contributed by atoms with Gasteiger partial charge in [0.2, 0.25) is 5.91 Å². The van der Waals surface area contributed by atoms with Gasteiger partial charge in [-0.2, -0.15) is 5.10 Å². The van der Waals surface area contributed by atoms with Gasteiger partial charge in [0.15, 0.2) is 5.82 Å². The van der Waals surface area contributed by atoms with Crippen LogP contribution in [0.2, 0.25) is 0 Å². The van der Waals surface area contributed by atoms with Crippen molar-refractivity contribution in [2.45, 2.75) is 26.3 Å². The molecular weight excluding hydrogens is 242 g/mol. The van der Waals surface area contributed by atoms with Crippen LogP contribution in [0.5, 0.6) is 0 Å². The van der Waals surface area contributed by atoms with Crippen molar-refractivity contribution < 1.29 is 4.79 Å². The number of aromatic nitrogens is 3. The summed E-state index contributed by atoms with van der Waals surface area (Å²) in [6, 6.07) is 7.40. The summed E-state index contributed by atoms with van der Waals surface area (Å²) in [6.07, 6.45) is 1.37. The molecule has 0 aliphatic heterocycles. The number of benzene rings is 1. The van der Waals surface area contributed by atoms with Gasteiger partial charge in [-0.25, -0.2) is 4.98 Å². The van der Waals surface area contributed by atoms with E-state index in [9.17, 15) is 4.79 Å². The molecule has 0 atom stereocenters. The molecule has 1 heterocycles. The number of carbonyl (C=O) groups is 1. The van der Waals surface area contributed by atoms with Gasteiger partial charge in [0, 0.05) is 17.7 Å². The summed E-state index contributed by atoms with van der Waals surface area (Å²) >= 11 is 0. The minimum absolute atomic E-state index is 0.0264. The maximum absolute atomic E-state index is 11.5. The predicted molar refractivity (Wildman–Crippen MR) is 73.2 cm³/mol. The first-order valence-electron chi connectivity index (χ1n) is 6.24. The van der Waals surface area contributed by atoms with Gasteiger partial charge in [-0.3, -0.25) is 9.89 Å². The highest BCUT2D eigenvalue weighted by Gasteiger charge is 2.05. The number of anilines is 1. The minimum Gasteiger partial charge on any atom is -0.326 e. The monoisotopic (exact) mass is 259 g/mol. The van der Waals surface area contributed by atoms with Crippen LogP contribution in [0.25, 0.3) is 11.4 Å². The average molecular weight is 259 g/mol. The zero-order valence-electron chi connectivity index (χ0n) is 10.8. The number of hydrogen-bond acceptors (Lipinski definition) is 4. The van der Waals surface area contributed by atoms with Crippen LogP contribution < -0.4 is 11.1 Å². The lowest BCUT2D eigenvalue weighted by Gasteiger charge is -2.04. The third-order valence-electron chi connectivity index (χ3n) is 2.63. The van der Waals surface area contributed by atoms with Crippen molar-refractivity contribution in [1.29, 1.82) is 0 Å². The molecule has 0 saturated carbocycles. The molecule has 0 spiro atoms. The zero-order chi connectivity index (χ0) is 13.7. The van der Waals surface area contributed by atoms with E-state index in [4.69, 9.17) is 5.73 Å². The summed E-state index contributed by atoms with van der Waals surface area (Å²) in [5.41, 5.74) is 7.12. The van der Waals surface area contributed by atoms with Gasteiger partial charge in [0.05, 0.1) is 6.54 Å². The zero-order valence-corrected chi connectivity index (χ0v) is 10.8. The third-order valence-corrected chi connectivity index (χ3v) is 2.63. The third kappa shape index (κ3) is 3.38. The van der Waals surface area contributed by atoms with Crippen LogP contribution in [0.1, 0.15) is 25.6 Å². The number of amides is 1. The molecule has 0 bridgehead atoms. The SMILES string of the molecule is CCCC(=O)Nc1ccc(-c2n[nH]c(CN)n2)cc1. The average Bonchev–Trinajstić information content (AvgIpc) is 2.88. The van der Waals surface area contributed by atoms with E-state index in [2.05, 4.69) is 20.5 Å². The summed E-state index contributed by atoms with van der Waals surface area (Å²) in [5, 5.41) is 9.67. The molecule has 1 aromatic carbocycles. The van der Waals surface area contributed by atoms with Crippen molar-refractivity contribution in [1.82, 2.24) is 15.2 Å². The van der Waals surface area contributed by atoms with Crippen molar-refractivity contribution in [3.05, 3.63) is 30.1 Å². The fourth-order valence-electron chi connectivity index (χ4n) is 1.67. The molecule has 1 aromatic heterocycles. The van der Waals surface area contributed by atoms with Gasteiger partial charge in [0.25, 0.3) is 0 Å². The molecule has 0 unspecified atom stereocenters. The van der Waals surface area contributed by atoms with E-state index in [1.54, 1.807) is 0 Å². The molecule has 4 N–H and O–H groups in total. The van der Waals surface area contributed by atoms with Crippen LogP contribution in [0, 0.1) is 0 Å². The van der Waals surface area contributed by atoms with Crippen LogP contribution in [-0.4, -0.2) is 21.1 Å². The Balaban J connectivity index is 2.07. The Morgan fingerprint density at radius 1 is 1.37 bits per heavy atom. The molecule has 0 radical (unpaired) electrons. The summed E-state index contributed by atoms with van der Waals surface area (Å²) in [7, 11) is 0. The van der Waals surface area contributed by atoms with Gasteiger partial charge in [-0.05, 0) is 30.7 Å². The van der Waals surface area contributed by atoms with Crippen LogP contribution >= 0.6 is 0 Å². The normalized spacial score (nSPS) is 10.4. The van der Waals surface area contributed by atoms with Crippen LogP contribution in [0.4, 0.5) is 5.69 Å². The minimum atomic E-state index is 0.0264. The Morgan fingerprint density at radius 3 is 2.68 bits per heavy atom. The van der Waals surface area contributed by atoms with Crippen molar-refractivity contribution in [3.63, 3.8) is 0 Å². The molecule has 19 heavy (non-hydrogen) atoms. The van der Waals surface area contributed by atoms with Crippen LogP contribution in [0.15, 0.2) is 24.3 Å². The Morgan fingerprint density at radius 2 is 2.11 bits per heavy atom. The molecule has 0 saturated heterocycles. The fourth-order valence-corrected chi connectivity index (χ4v) is 1.67. The number of carbonyl (C=O) groups excluding carboxylic acids is 1. The first-order valence-corrected chi connectivity index (χ1v) is 6.24. The van der Waals surface area contributed by atoms with E-state index in [1.165, 1.54) is 0 Å². The standard InChI is InChI=1S/C13H17N5O/c1-2-3-12(19)15-10-6-4-9(5-7-10)13-16-11(8-14)17-18-13/h4-7H,2-3,8,14H2,1H3,(H,15,19)(H,16,17,18). The van der Waals surface area contributed by atoms with Crippen LogP contribution in [0.3, 0.4) is 0 Å². The first kappa shape index (κ1) is 13.2.